The molecule has 0 unspecified atom stereocenters. The second-order valence-corrected chi connectivity index (χ2v) is 6.32. The summed E-state index contributed by atoms with van der Waals surface area (Å²) in [5, 5.41) is 7.92. The van der Waals surface area contributed by atoms with E-state index >= 15 is 0 Å². The number of halogens is 5. The van der Waals surface area contributed by atoms with Crippen LogP contribution in [0.5, 0.6) is 0 Å². The van der Waals surface area contributed by atoms with Crippen molar-refractivity contribution in [3.05, 3.63) is 27.7 Å². The molecular formula is C10H8Cl2F3NO4S. The fraction of sp³-hybridized carbons (Fsp3) is 0.300. The van der Waals surface area contributed by atoms with Gasteiger partial charge < -0.3 is 5.11 Å². The van der Waals surface area contributed by atoms with Gasteiger partial charge in [0.05, 0.1) is 22.0 Å². The third kappa shape index (κ3) is 4.73. The highest BCUT2D eigenvalue weighted by atomic mass is 35.5. The van der Waals surface area contributed by atoms with E-state index < -0.39 is 50.6 Å². The number of aromatic carboxylic acids is 1. The van der Waals surface area contributed by atoms with Gasteiger partial charge in [-0.25, -0.2) is 17.9 Å². The lowest BCUT2D eigenvalue weighted by atomic mass is 10.2. The molecule has 0 atom stereocenters. The molecule has 21 heavy (non-hydrogen) atoms. The predicted molar refractivity (Wildman–Crippen MR) is 69.3 cm³/mol. The molecule has 11 heteroatoms. The molecule has 0 bridgehead atoms. The van der Waals surface area contributed by atoms with E-state index in [4.69, 9.17) is 28.3 Å². The first-order valence-electron chi connectivity index (χ1n) is 5.23. The molecule has 1 aromatic rings. The Morgan fingerprint density at radius 3 is 2.33 bits per heavy atom. The minimum atomic E-state index is -4.53. The standard InChI is InChI=1S/C10H8Cl2F3NO4S/c11-5-1-2-6(8(12)7(5)9(17)18)21(19,20)16-4-3-10(13,14)15/h1-2,16H,3-4H2,(H,17,18). The summed E-state index contributed by atoms with van der Waals surface area (Å²) in [4.78, 5) is 10.3. The number of rotatable bonds is 5. The van der Waals surface area contributed by atoms with Gasteiger partial charge in [0.15, 0.2) is 0 Å². The van der Waals surface area contributed by atoms with E-state index in [2.05, 4.69) is 0 Å². The summed E-state index contributed by atoms with van der Waals surface area (Å²) in [6, 6.07) is 1.89. The number of carboxylic acid groups (broad SMARTS) is 1. The van der Waals surface area contributed by atoms with Crippen molar-refractivity contribution >= 4 is 39.2 Å². The zero-order valence-corrected chi connectivity index (χ0v) is 12.4. The van der Waals surface area contributed by atoms with Crippen LogP contribution in [0.15, 0.2) is 17.0 Å². The molecule has 5 nitrogen and oxygen atoms in total. The molecule has 0 fully saturated rings. The molecule has 0 aromatic heterocycles. The zero-order valence-electron chi connectivity index (χ0n) is 10.0. The summed E-state index contributed by atoms with van der Waals surface area (Å²) in [6.07, 6.45) is -5.90. The van der Waals surface area contributed by atoms with Crippen LogP contribution in [-0.2, 0) is 10.0 Å². The molecule has 118 valence electrons. The predicted octanol–water partition coefficient (Wildman–Crippen LogP) is 2.92. The van der Waals surface area contributed by atoms with E-state index in [9.17, 15) is 26.4 Å². The van der Waals surface area contributed by atoms with Gasteiger partial charge in [-0.05, 0) is 12.1 Å². The van der Waals surface area contributed by atoms with Crippen LogP contribution in [0.1, 0.15) is 16.8 Å². The Morgan fingerprint density at radius 1 is 1.29 bits per heavy atom. The Kier molecular flexibility index (Phi) is 5.48. The fourth-order valence-electron chi connectivity index (χ4n) is 1.34. The van der Waals surface area contributed by atoms with E-state index in [1.54, 1.807) is 4.72 Å². The minimum absolute atomic E-state index is 0.290. The third-order valence-corrected chi connectivity index (χ3v) is 4.58. The molecule has 2 N–H and O–H groups in total. The van der Waals surface area contributed by atoms with Crippen LogP contribution in [0, 0.1) is 0 Å². The van der Waals surface area contributed by atoms with Crippen molar-refractivity contribution in [2.75, 3.05) is 6.54 Å². The van der Waals surface area contributed by atoms with E-state index in [1.165, 1.54) is 0 Å². The highest BCUT2D eigenvalue weighted by Crippen LogP contribution is 2.31. The molecule has 0 heterocycles. The molecule has 0 saturated heterocycles. The Bertz CT molecular complexity index is 661. The molecule has 0 radical (unpaired) electrons. The van der Waals surface area contributed by atoms with E-state index in [-0.39, 0.29) is 5.02 Å². The zero-order chi connectivity index (χ0) is 16.4. The quantitative estimate of drug-likeness (QED) is 0.840. The first-order valence-corrected chi connectivity index (χ1v) is 7.47. The SMILES string of the molecule is O=C(O)c1c(Cl)ccc(S(=O)(=O)NCCC(F)(F)F)c1Cl. The van der Waals surface area contributed by atoms with Gasteiger partial charge in [0.25, 0.3) is 0 Å². The van der Waals surface area contributed by atoms with E-state index in [0.29, 0.717) is 0 Å². The van der Waals surface area contributed by atoms with E-state index in [0.717, 1.165) is 12.1 Å². The van der Waals surface area contributed by atoms with Gasteiger partial charge >= 0.3 is 12.1 Å². The van der Waals surface area contributed by atoms with Crippen LogP contribution in [0.2, 0.25) is 10.0 Å². The Labute approximate surface area is 127 Å². The maximum Gasteiger partial charge on any atom is 0.390 e. The average Bonchev–Trinajstić information content (AvgIpc) is 2.25. The maximum atomic E-state index is 12.0. The number of carboxylic acids is 1. The summed E-state index contributed by atoms with van der Waals surface area (Å²) in [5.74, 6) is -1.56. The molecule has 0 amide bonds. The van der Waals surface area contributed by atoms with Crippen LogP contribution >= 0.6 is 23.2 Å². The lowest BCUT2D eigenvalue weighted by Gasteiger charge is -2.11. The van der Waals surface area contributed by atoms with Crippen molar-refractivity contribution in [3.63, 3.8) is 0 Å². The molecule has 0 saturated carbocycles. The molecule has 1 aromatic carbocycles. The van der Waals surface area contributed by atoms with Crippen molar-refractivity contribution in [2.45, 2.75) is 17.5 Å². The molecule has 0 aliphatic carbocycles. The van der Waals surface area contributed by atoms with Gasteiger partial charge in [-0.2, -0.15) is 13.2 Å². The van der Waals surface area contributed by atoms with Gasteiger partial charge in [0, 0.05) is 6.54 Å². The first kappa shape index (κ1) is 18.0. The number of alkyl halides is 3. The van der Waals surface area contributed by atoms with Crippen molar-refractivity contribution in [2.24, 2.45) is 0 Å². The molecule has 0 spiro atoms. The maximum absolute atomic E-state index is 12.0. The summed E-state index contributed by atoms with van der Waals surface area (Å²) in [5.41, 5.74) is -0.642. The second kappa shape index (κ2) is 6.39. The number of carbonyl (C=O) groups is 1. The summed E-state index contributed by atoms with van der Waals surface area (Å²) >= 11 is 11.2. The van der Waals surface area contributed by atoms with Crippen LogP contribution in [-0.4, -0.2) is 32.2 Å². The summed E-state index contributed by atoms with van der Waals surface area (Å²) in [6.45, 7) is -0.896. The van der Waals surface area contributed by atoms with Crippen LogP contribution in [0.3, 0.4) is 0 Å². The van der Waals surface area contributed by atoms with Gasteiger partial charge in [0.1, 0.15) is 4.90 Å². The van der Waals surface area contributed by atoms with Gasteiger partial charge in [-0.3, -0.25) is 0 Å². The van der Waals surface area contributed by atoms with E-state index in [1.807, 2.05) is 0 Å². The Balaban J connectivity index is 3.10. The van der Waals surface area contributed by atoms with Crippen molar-refractivity contribution in [3.8, 4) is 0 Å². The van der Waals surface area contributed by atoms with Gasteiger partial charge in [0.2, 0.25) is 10.0 Å². The van der Waals surface area contributed by atoms with Crippen LogP contribution in [0.4, 0.5) is 13.2 Å². The molecule has 1 rings (SSSR count). The summed E-state index contributed by atoms with van der Waals surface area (Å²) < 4.78 is 61.3. The largest absolute Gasteiger partial charge is 0.478 e. The minimum Gasteiger partial charge on any atom is -0.478 e. The average molecular weight is 366 g/mol. The number of hydrogen-bond acceptors (Lipinski definition) is 3. The Hall–Kier alpha value is -1.03. The lowest BCUT2D eigenvalue weighted by Crippen LogP contribution is -2.28. The summed E-state index contributed by atoms with van der Waals surface area (Å²) in [7, 11) is -4.39. The second-order valence-electron chi connectivity index (χ2n) is 3.80. The third-order valence-electron chi connectivity index (χ3n) is 2.26. The highest BCUT2D eigenvalue weighted by Gasteiger charge is 2.29. The van der Waals surface area contributed by atoms with Crippen molar-refractivity contribution in [1.82, 2.24) is 4.72 Å². The normalized spacial score (nSPS) is 12.4. The van der Waals surface area contributed by atoms with Gasteiger partial charge in [-0.1, -0.05) is 23.2 Å². The first-order chi connectivity index (χ1) is 9.46. The molecule has 0 aliphatic heterocycles. The van der Waals surface area contributed by atoms with Crippen LogP contribution in [0.25, 0.3) is 0 Å². The lowest BCUT2D eigenvalue weighted by molar-refractivity contribution is -0.132. The monoisotopic (exact) mass is 365 g/mol. The number of sulfonamides is 1. The highest BCUT2D eigenvalue weighted by molar-refractivity contribution is 7.89. The fourth-order valence-corrected chi connectivity index (χ4v) is 3.29. The van der Waals surface area contributed by atoms with Gasteiger partial charge in [-0.15, -0.1) is 0 Å². The van der Waals surface area contributed by atoms with Crippen molar-refractivity contribution < 1.29 is 31.5 Å². The number of nitrogens with one attached hydrogen (secondary N) is 1. The number of benzene rings is 1. The Morgan fingerprint density at radius 2 is 1.86 bits per heavy atom. The molecule has 0 aliphatic rings. The topological polar surface area (TPSA) is 83.5 Å². The number of hydrogen-bond donors (Lipinski definition) is 2. The molecular weight excluding hydrogens is 358 g/mol. The van der Waals surface area contributed by atoms with Crippen molar-refractivity contribution in [1.29, 1.82) is 0 Å². The van der Waals surface area contributed by atoms with Crippen LogP contribution < -0.4 is 4.72 Å². The smallest absolute Gasteiger partial charge is 0.390 e.